The Bertz CT molecular complexity index is 1530. The smallest absolute Gasteiger partial charge is 0.250 e. The summed E-state index contributed by atoms with van der Waals surface area (Å²) in [6.45, 7) is 0. The van der Waals surface area contributed by atoms with Gasteiger partial charge >= 0.3 is 0 Å². The van der Waals surface area contributed by atoms with Gasteiger partial charge < -0.3 is 4.57 Å². The average Bonchev–Trinajstić information content (AvgIpc) is 3.52. The summed E-state index contributed by atoms with van der Waals surface area (Å²) in [6.07, 6.45) is 3.46. The van der Waals surface area contributed by atoms with Gasteiger partial charge in [0.25, 0.3) is 5.91 Å². The van der Waals surface area contributed by atoms with Gasteiger partial charge in [-0.05, 0) is 24.3 Å². The van der Waals surface area contributed by atoms with Crippen LogP contribution in [0, 0.1) is 0 Å². The third kappa shape index (κ3) is 5.79. The molecular weight excluding hydrogens is 506 g/mol. The average molecular weight is 528 g/mol. The highest BCUT2D eigenvalue weighted by molar-refractivity contribution is 7.99. The molecule has 1 N–H and O–H groups in total. The molecular formula is C27H22ClN7OS. The summed E-state index contributed by atoms with van der Waals surface area (Å²) < 4.78 is 3.65. The van der Waals surface area contributed by atoms with Crippen LogP contribution < -0.4 is 5.43 Å². The SMILES string of the molecule is Cn1c(SCC(=O)N/N=C\c2cn(-c3ccccc3)nc2-c2ccc(Cl)cc2)nnc1-c1ccccc1. The number of para-hydroxylation sites is 1. The molecule has 37 heavy (non-hydrogen) atoms. The molecule has 2 heterocycles. The van der Waals surface area contributed by atoms with Gasteiger partial charge in [0.15, 0.2) is 11.0 Å². The van der Waals surface area contributed by atoms with E-state index >= 15 is 0 Å². The van der Waals surface area contributed by atoms with E-state index in [9.17, 15) is 4.79 Å². The number of halogens is 1. The molecule has 0 atom stereocenters. The van der Waals surface area contributed by atoms with Crippen molar-refractivity contribution < 1.29 is 4.79 Å². The van der Waals surface area contributed by atoms with E-state index in [1.54, 1.807) is 10.9 Å². The van der Waals surface area contributed by atoms with Gasteiger partial charge in [-0.2, -0.15) is 10.2 Å². The van der Waals surface area contributed by atoms with Crippen molar-refractivity contribution in [2.75, 3.05) is 5.75 Å². The molecule has 0 aliphatic rings. The molecule has 0 fully saturated rings. The van der Waals surface area contributed by atoms with Crippen molar-refractivity contribution in [1.82, 2.24) is 30.0 Å². The molecule has 5 rings (SSSR count). The monoisotopic (exact) mass is 527 g/mol. The lowest BCUT2D eigenvalue weighted by molar-refractivity contribution is -0.118. The van der Waals surface area contributed by atoms with Crippen LogP contribution in [-0.2, 0) is 11.8 Å². The van der Waals surface area contributed by atoms with Gasteiger partial charge in [-0.1, -0.05) is 84.0 Å². The number of thioether (sulfide) groups is 1. The fourth-order valence-corrected chi connectivity index (χ4v) is 4.47. The van der Waals surface area contributed by atoms with Gasteiger partial charge in [0.2, 0.25) is 0 Å². The Balaban J connectivity index is 1.27. The van der Waals surface area contributed by atoms with Gasteiger partial charge in [0, 0.05) is 35.0 Å². The molecule has 0 saturated carbocycles. The van der Waals surface area contributed by atoms with E-state index < -0.39 is 0 Å². The third-order valence-corrected chi connectivity index (χ3v) is 6.75. The summed E-state index contributed by atoms with van der Waals surface area (Å²) in [5.74, 6) is 0.631. The Hall–Kier alpha value is -4.21. The van der Waals surface area contributed by atoms with E-state index in [-0.39, 0.29) is 11.7 Å². The number of hydrogen-bond donors (Lipinski definition) is 1. The Labute approximate surface area is 223 Å². The lowest BCUT2D eigenvalue weighted by Crippen LogP contribution is -2.19. The molecule has 2 aromatic heterocycles. The number of carbonyl (C=O) groups excluding carboxylic acids is 1. The number of rotatable bonds is 8. The van der Waals surface area contributed by atoms with Crippen molar-refractivity contribution >= 4 is 35.5 Å². The Morgan fingerprint density at radius 2 is 1.68 bits per heavy atom. The highest BCUT2D eigenvalue weighted by Gasteiger charge is 2.14. The maximum absolute atomic E-state index is 12.5. The van der Waals surface area contributed by atoms with Crippen molar-refractivity contribution in [1.29, 1.82) is 0 Å². The van der Waals surface area contributed by atoms with Crippen molar-refractivity contribution in [3.8, 4) is 28.3 Å². The second kappa shape index (κ2) is 11.2. The fraction of sp³-hybridized carbons (Fsp3) is 0.0741. The Kier molecular flexibility index (Phi) is 7.43. The molecule has 184 valence electrons. The number of carbonyl (C=O) groups is 1. The highest BCUT2D eigenvalue weighted by atomic mass is 35.5. The molecule has 8 nitrogen and oxygen atoms in total. The van der Waals surface area contributed by atoms with Gasteiger partial charge in [-0.3, -0.25) is 4.79 Å². The lowest BCUT2D eigenvalue weighted by Gasteiger charge is -2.03. The van der Waals surface area contributed by atoms with E-state index in [2.05, 4.69) is 20.7 Å². The van der Waals surface area contributed by atoms with Crippen molar-refractivity contribution in [2.45, 2.75) is 5.16 Å². The van der Waals surface area contributed by atoms with E-state index in [4.69, 9.17) is 16.7 Å². The summed E-state index contributed by atoms with van der Waals surface area (Å²) in [6, 6.07) is 27.0. The van der Waals surface area contributed by atoms with E-state index in [1.165, 1.54) is 11.8 Å². The fourth-order valence-electron chi connectivity index (χ4n) is 3.64. The number of nitrogens with zero attached hydrogens (tertiary/aromatic N) is 6. The zero-order chi connectivity index (χ0) is 25.6. The van der Waals surface area contributed by atoms with Crippen molar-refractivity contribution in [3.05, 3.63) is 102 Å². The maximum atomic E-state index is 12.5. The number of aromatic nitrogens is 5. The molecule has 0 bridgehead atoms. The minimum Gasteiger partial charge on any atom is -0.305 e. The molecule has 5 aromatic rings. The van der Waals surface area contributed by atoms with Gasteiger partial charge in [0.05, 0.1) is 17.7 Å². The number of benzene rings is 3. The number of nitrogens with one attached hydrogen (secondary N) is 1. The first kappa shape index (κ1) is 24.5. The lowest BCUT2D eigenvalue weighted by atomic mass is 10.1. The zero-order valence-electron chi connectivity index (χ0n) is 19.8. The first-order valence-corrected chi connectivity index (χ1v) is 12.8. The van der Waals surface area contributed by atoms with Gasteiger partial charge in [0.1, 0.15) is 5.69 Å². The second-order valence-corrected chi connectivity index (χ2v) is 9.41. The quantitative estimate of drug-likeness (QED) is 0.169. The van der Waals surface area contributed by atoms with Crippen LogP contribution in [0.4, 0.5) is 0 Å². The first-order chi connectivity index (χ1) is 18.1. The molecule has 0 unspecified atom stereocenters. The molecule has 0 saturated heterocycles. The van der Waals surface area contributed by atoms with Crippen LogP contribution >= 0.6 is 23.4 Å². The highest BCUT2D eigenvalue weighted by Crippen LogP contribution is 2.25. The maximum Gasteiger partial charge on any atom is 0.250 e. The molecule has 1 amide bonds. The van der Waals surface area contributed by atoms with Crippen LogP contribution in [0.25, 0.3) is 28.3 Å². The molecule has 0 aliphatic heterocycles. The molecule has 10 heteroatoms. The Morgan fingerprint density at radius 1 is 0.973 bits per heavy atom. The summed E-state index contributed by atoms with van der Waals surface area (Å²) in [5.41, 5.74) is 6.83. The number of hydrazone groups is 1. The van der Waals surface area contributed by atoms with Crippen LogP contribution in [-0.4, -0.2) is 42.4 Å². The zero-order valence-corrected chi connectivity index (χ0v) is 21.4. The molecule has 3 aromatic carbocycles. The third-order valence-electron chi connectivity index (χ3n) is 5.47. The van der Waals surface area contributed by atoms with E-state index in [0.29, 0.717) is 10.2 Å². The van der Waals surface area contributed by atoms with E-state index in [0.717, 1.165) is 33.9 Å². The summed E-state index contributed by atoms with van der Waals surface area (Å²) in [7, 11) is 1.88. The predicted molar refractivity (Wildman–Crippen MR) is 147 cm³/mol. The largest absolute Gasteiger partial charge is 0.305 e. The van der Waals surface area contributed by atoms with Gasteiger partial charge in [-0.15, -0.1) is 10.2 Å². The number of hydrogen-bond acceptors (Lipinski definition) is 6. The standard InChI is InChI=1S/C27H22ClN7OS/c1-34-26(20-8-4-2-5-9-20)31-32-27(34)37-18-24(36)30-29-16-21-17-35(23-10-6-3-7-11-23)33-25(21)19-12-14-22(28)15-13-19/h2-17H,18H2,1H3,(H,30,36)/b29-16-. The Morgan fingerprint density at radius 3 is 2.41 bits per heavy atom. The minimum absolute atomic E-state index is 0.144. The van der Waals surface area contributed by atoms with Crippen LogP contribution in [0.1, 0.15) is 5.56 Å². The van der Waals surface area contributed by atoms with Crippen molar-refractivity contribution in [2.24, 2.45) is 12.1 Å². The van der Waals surface area contributed by atoms with Crippen LogP contribution in [0.2, 0.25) is 5.02 Å². The predicted octanol–water partition coefficient (Wildman–Crippen LogP) is 5.23. The van der Waals surface area contributed by atoms with Crippen LogP contribution in [0.5, 0.6) is 0 Å². The van der Waals surface area contributed by atoms with Gasteiger partial charge in [-0.25, -0.2) is 10.1 Å². The van der Waals surface area contributed by atoms with Crippen molar-refractivity contribution in [3.63, 3.8) is 0 Å². The molecule has 0 aliphatic carbocycles. The molecule has 0 spiro atoms. The molecule has 0 radical (unpaired) electrons. The minimum atomic E-state index is -0.256. The van der Waals surface area contributed by atoms with Crippen LogP contribution in [0.3, 0.4) is 0 Å². The van der Waals surface area contributed by atoms with Crippen LogP contribution in [0.15, 0.2) is 101 Å². The first-order valence-electron chi connectivity index (χ1n) is 11.4. The summed E-state index contributed by atoms with van der Waals surface area (Å²) in [4.78, 5) is 12.5. The second-order valence-electron chi connectivity index (χ2n) is 8.03. The topological polar surface area (TPSA) is 90.0 Å². The van der Waals surface area contributed by atoms with E-state index in [1.807, 2.05) is 103 Å². The number of amides is 1. The summed E-state index contributed by atoms with van der Waals surface area (Å²) >= 11 is 7.36. The normalized spacial score (nSPS) is 11.2. The summed E-state index contributed by atoms with van der Waals surface area (Å²) in [5, 5.41) is 18.7.